The summed E-state index contributed by atoms with van der Waals surface area (Å²) in [5.74, 6) is -0.0699. The van der Waals surface area contributed by atoms with Gasteiger partial charge < -0.3 is 15.4 Å². The Morgan fingerprint density at radius 3 is 2.63 bits per heavy atom. The molecule has 2 heterocycles. The summed E-state index contributed by atoms with van der Waals surface area (Å²) in [5.41, 5.74) is 4.50. The van der Waals surface area contributed by atoms with Crippen molar-refractivity contribution in [1.29, 1.82) is 0 Å². The van der Waals surface area contributed by atoms with Crippen molar-refractivity contribution in [2.24, 2.45) is 0 Å². The number of hydrogen-bond donors (Lipinski definition) is 3. The van der Waals surface area contributed by atoms with Gasteiger partial charge in [-0.3, -0.25) is 4.79 Å². The number of carbonyl (C=O) groups excluding carboxylic acids is 1. The van der Waals surface area contributed by atoms with Crippen LogP contribution in [0.2, 0.25) is 0 Å². The average molecular weight is 357 g/mol. The number of nitrogens with one attached hydrogen (secondary N) is 2. The van der Waals surface area contributed by atoms with Crippen molar-refractivity contribution in [1.82, 2.24) is 9.97 Å². The summed E-state index contributed by atoms with van der Waals surface area (Å²) in [4.78, 5) is 20.1. The maximum atomic E-state index is 12.7. The fourth-order valence-electron chi connectivity index (χ4n) is 2.99. The first-order chi connectivity index (χ1) is 13.1. The average Bonchev–Trinajstić information content (AvgIpc) is 3.16. The molecule has 0 fully saturated rings. The smallest absolute Gasteiger partial charge is 0.193 e. The number of carbonyl (C=O) groups is 1. The summed E-state index contributed by atoms with van der Waals surface area (Å²) >= 11 is 0. The predicted molar refractivity (Wildman–Crippen MR) is 106 cm³/mol. The van der Waals surface area contributed by atoms with E-state index >= 15 is 0 Å². The molecule has 0 saturated carbocycles. The molecule has 27 heavy (non-hydrogen) atoms. The number of pyridine rings is 1. The molecule has 1 atom stereocenters. The number of ketones is 1. The zero-order valence-electron chi connectivity index (χ0n) is 14.8. The van der Waals surface area contributed by atoms with Gasteiger partial charge in [0, 0.05) is 28.4 Å². The number of hydrogen-bond acceptors (Lipinski definition) is 4. The first kappa shape index (κ1) is 17.0. The van der Waals surface area contributed by atoms with Gasteiger partial charge in [0.25, 0.3) is 0 Å². The summed E-state index contributed by atoms with van der Waals surface area (Å²) in [6.07, 6.45) is 3.02. The van der Waals surface area contributed by atoms with Gasteiger partial charge in [0.05, 0.1) is 18.0 Å². The van der Waals surface area contributed by atoms with E-state index in [4.69, 9.17) is 0 Å². The fourth-order valence-corrected chi connectivity index (χ4v) is 2.99. The second-order valence-electron chi connectivity index (χ2n) is 6.47. The van der Waals surface area contributed by atoms with Crippen LogP contribution in [0, 0.1) is 0 Å². The molecule has 0 bridgehead atoms. The second-order valence-corrected chi connectivity index (χ2v) is 6.47. The van der Waals surface area contributed by atoms with Gasteiger partial charge in [0.15, 0.2) is 5.78 Å². The minimum Gasteiger partial charge on any atom is -0.389 e. The summed E-state index contributed by atoms with van der Waals surface area (Å²) in [5, 5.41) is 14.0. The first-order valence-electron chi connectivity index (χ1n) is 8.73. The van der Waals surface area contributed by atoms with Crippen LogP contribution in [-0.2, 0) is 0 Å². The normalized spacial score (nSPS) is 12.1. The number of fused-ring (bicyclic) bond motifs is 1. The highest BCUT2D eigenvalue weighted by Gasteiger charge is 2.11. The monoisotopic (exact) mass is 357 g/mol. The van der Waals surface area contributed by atoms with E-state index in [1.54, 1.807) is 43.5 Å². The van der Waals surface area contributed by atoms with E-state index in [2.05, 4.69) is 15.3 Å². The molecular formula is C22H19N3O2. The highest BCUT2D eigenvalue weighted by molar-refractivity contribution is 6.09. The molecule has 5 nitrogen and oxygen atoms in total. The molecule has 0 saturated heterocycles. The zero-order chi connectivity index (χ0) is 18.8. The van der Waals surface area contributed by atoms with Crippen molar-refractivity contribution in [3.63, 3.8) is 0 Å². The first-order valence-corrected chi connectivity index (χ1v) is 8.73. The molecule has 2 aromatic heterocycles. The lowest BCUT2D eigenvalue weighted by Gasteiger charge is -2.09. The van der Waals surface area contributed by atoms with E-state index in [9.17, 15) is 9.90 Å². The maximum absolute atomic E-state index is 12.7. The van der Waals surface area contributed by atoms with Crippen molar-refractivity contribution in [2.45, 2.75) is 13.0 Å². The lowest BCUT2D eigenvalue weighted by Crippen LogP contribution is -2.03. The van der Waals surface area contributed by atoms with Gasteiger partial charge in [-0.2, -0.15) is 0 Å². The third-order valence-electron chi connectivity index (χ3n) is 4.47. The van der Waals surface area contributed by atoms with Crippen molar-refractivity contribution in [2.75, 3.05) is 5.32 Å². The number of aromatic amines is 1. The third-order valence-corrected chi connectivity index (χ3v) is 4.47. The summed E-state index contributed by atoms with van der Waals surface area (Å²) in [6, 6.07) is 18.4. The Morgan fingerprint density at radius 2 is 1.85 bits per heavy atom. The van der Waals surface area contributed by atoms with Crippen LogP contribution in [-0.4, -0.2) is 20.9 Å². The van der Waals surface area contributed by atoms with Crippen LogP contribution < -0.4 is 5.32 Å². The third kappa shape index (κ3) is 3.59. The van der Waals surface area contributed by atoms with Gasteiger partial charge in [0.2, 0.25) is 0 Å². The Morgan fingerprint density at radius 1 is 1.04 bits per heavy atom. The van der Waals surface area contributed by atoms with E-state index < -0.39 is 6.10 Å². The van der Waals surface area contributed by atoms with E-state index in [1.807, 2.05) is 36.5 Å². The number of nitrogens with zero attached hydrogens (tertiary/aromatic N) is 1. The Bertz CT molecular complexity index is 1100. The lowest BCUT2D eigenvalue weighted by atomic mass is 9.99. The summed E-state index contributed by atoms with van der Waals surface area (Å²) in [7, 11) is 0. The minimum absolute atomic E-state index is 0.0699. The highest BCUT2D eigenvalue weighted by Crippen LogP contribution is 2.22. The summed E-state index contributed by atoms with van der Waals surface area (Å²) in [6.45, 7) is 1.68. The molecule has 0 radical (unpaired) electrons. The SMILES string of the molecule is CC(O)c1cccc(C(=O)c2ccc(Nc3cnc4[nH]ccc4c3)cc2)c1. The maximum Gasteiger partial charge on any atom is 0.193 e. The van der Waals surface area contributed by atoms with Crippen molar-refractivity contribution < 1.29 is 9.90 Å². The lowest BCUT2D eigenvalue weighted by molar-refractivity contribution is 0.103. The summed E-state index contributed by atoms with van der Waals surface area (Å²) < 4.78 is 0. The number of H-pyrrole nitrogens is 1. The van der Waals surface area contributed by atoms with E-state index in [0.29, 0.717) is 11.1 Å². The van der Waals surface area contributed by atoms with Gasteiger partial charge in [-0.1, -0.05) is 18.2 Å². The number of aromatic nitrogens is 2. The minimum atomic E-state index is -0.602. The predicted octanol–water partition coefficient (Wildman–Crippen LogP) is 4.59. The molecule has 4 rings (SSSR count). The number of aliphatic hydroxyl groups excluding tert-OH is 1. The number of anilines is 2. The Balaban J connectivity index is 1.52. The molecule has 0 amide bonds. The molecule has 0 aliphatic carbocycles. The number of benzene rings is 2. The molecule has 134 valence electrons. The standard InChI is InChI=1S/C22H19N3O2/c1-14(26)16-3-2-4-17(11-16)21(27)15-5-7-19(8-6-15)25-20-12-18-9-10-23-22(18)24-13-20/h2-14,25-26H,1H3,(H,23,24). The van der Waals surface area contributed by atoms with Crippen LogP contribution in [0.4, 0.5) is 11.4 Å². The van der Waals surface area contributed by atoms with Crippen LogP contribution in [0.5, 0.6) is 0 Å². The van der Waals surface area contributed by atoms with Crippen LogP contribution in [0.3, 0.4) is 0 Å². The molecule has 4 aromatic rings. The highest BCUT2D eigenvalue weighted by atomic mass is 16.3. The fraction of sp³-hybridized carbons (Fsp3) is 0.0909. The van der Waals surface area contributed by atoms with Crippen LogP contribution in [0.25, 0.3) is 11.0 Å². The van der Waals surface area contributed by atoms with Crippen molar-refractivity contribution in [3.05, 3.63) is 89.7 Å². The van der Waals surface area contributed by atoms with E-state index in [1.165, 1.54) is 0 Å². The van der Waals surface area contributed by atoms with Gasteiger partial charge in [-0.25, -0.2) is 4.98 Å². The molecule has 3 N–H and O–H groups in total. The Hall–Kier alpha value is -3.44. The molecular weight excluding hydrogens is 338 g/mol. The largest absolute Gasteiger partial charge is 0.389 e. The van der Waals surface area contributed by atoms with Gasteiger partial charge in [-0.05, 0) is 55.0 Å². The Kier molecular flexibility index (Phi) is 4.44. The van der Waals surface area contributed by atoms with Crippen molar-refractivity contribution >= 4 is 28.2 Å². The quantitative estimate of drug-likeness (QED) is 0.457. The Labute approximate surface area is 156 Å². The topological polar surface area (TPSA) is 78.0 Å². The second kappa shape index (κ2) is 7.05. The number of rotatable bonds is 5. The van der Waals surface area contributed by atoms with E-state index in [-0.39, 0.29) is 5.78 Å². The molecule has 0 aliphatic rings. The van der Waals surface area contributed by atoms with Gasteiger partial charge >= 0.3 is 0 Å². The molecule has 1 unspecified atom stereocenters. The molecule has 0 aliphatic heterocycles. The molecule has 5 heteroatoms. The van der Waals surface area contributed by atoms with Gasteiger partial charge in [-0.15, -0.1) is 0 Å². The van der Waals surface area contributed by atoms with Crippen molar-refractivity contribution in [3.8, 4) is 0 Å². The van der Waals surface area contributed by atoms with Crippen LogP contribution in [0.15, 0.2) is 73.1 Å². The van der Waals surface area contributed by atoms with E-state index in [0.717, 1.165) is 28.0 Å². The van der Waals surface area contributed by atoms with Crippen LogP contribution >= 0.6 is 0 Å². The number of aliphatic hydroxyl groups is 1. The van der Waals surface area contributed by atoms with Crippen LogP contribution in [0.1, 0.15) is 34.5 Å². The van der Waals surface area contributed by atoms with Gasteiger partial charge in [0.1, 0.15) is 5.65 Å². The molecule has 0 spiro atoms. The zero-order valence-corrected chi connectivity index (χ0v) is 14.8. The molecule has 2 aromatic carbocycles.